The molecule has 0 bridgehead atoms. The molecule has 0 aromatic carbocycles. The molecule has 1 saturated carbocycles. The standard InChI is InChI=1S/C14H18N4/c15-9-11-2-3-13(16-10-11)18-12-4-7-17-14(8-12)5-1-6-14/h2-3,10,12,17H,1,4-8H2,(H,16,18). The van der Waals surface area contributed by atoms with Crippen LogP contribution in [0.1, 0.15) is 37.7 Å². The van der Waals surface area contributed by atoms with Crippen LogP contribution in [0.15, 0.2) is 18.3 Å². The second kappa shape index (κ2) is 4.58. The molecule has 1 aromatic rings. The predicted octanol–water partition coefficient (Wildman–Crippen LogP) is 2.04. The van der Waals surface area contributed by atoms with Gasteiger partial charge in [0.2, 0.25) is 0 Å². The Morgan fingerprint density at radius 1 is 1.44 bits per heavy atom. The molecule has 1 saturated heterocycles. The largest absolute Gasteiger partial charge is 0.367 e. The first-order valence-corrected chi connectivity index (χ1v) is 6.67. The van der Waals surface area contributed by atoms with Gasteiger partial charge in [0.25, 0.3) is 0 Å². The summed E-state index contributed by atoms with van der Waals surface area (Å²) in [4.78, 5) is 4.28. The Balaban J connectivity index is 1.63. The Labute approximate surface area is 107 Å². The number of anilines is 1. The number of aromatic nitrogens is 1. The van der Waals surface area contributed by atoms with Crippen molar-refractivity contribution in [1.82, 2.24) is 10.3 Å². The molecular weight excluding hydrogens is 224 g/mol. The molecule has 2 N–H and O–H groups in total. The zero-order valence-electron chi connectivity index (χ0n) is 10.4. The van der Waals surface area contributed by atoms with E-state index in [1.54, 1.807) is 6.20 Å². The SMILES string of the molecule is N#Cc1ccc(NC2CCNC3(CCC3)C2)nc1. The van der Waals surface area contributed by atoms with Gasteiger partial charge in [0.1, 0.15) is 11.9 Å². The normalized spacial score (nSPS) is 25.2. The summed E-state index contributed by atoms with van der Waals surface area (Å²) in [7, 11) is 0. The first kappa shape index (κ1) is 11.5. The van der Waals surface area contributed by atoms with Gasteiger partial charge < -0.3 is 10.6 Å². The van der Waals surface area contributed by atoms with Crippen LogP contribution >= 0.6 is 0 Å². The van der Waals surface area contributed by atoms with Crippen molar-refractivity contribution in [1.29, 1.82) is 5.26 Å². The van der Waals surface area contributed by atoms with E-state index in [0.717, 1.165) is 18.8 Å². The van der Waals surface area contributed by atoms with Gasteiger partial charge in [-0.15, -0.1) is 0 Å². The van der Waals surface area contributed by atoms with Crippen molar-refractivity contribution < 1.29 is 0 Å². The van der Waals surface area contributed by atoms with Gasteiger partial charge in [-0.25, -0.2) is 4.98 Å². The van der Waals surface area contributed by atoms with E-state index in [1.807, 2.05) is 12.1 Å². The summed E-state index contributed by atoms with van der Waals surface area (Å²) in [5.41, 5.74) is 1.02. The number of rotatable bonds is 2. The monoisotopic (exact) mass is 242 g/mol. The maximum atomic E-state index is 8.74. The second-order valence-electron chi connectivity index (χ2n) is 5.44. The topological polar surface area (TPSA) is 60.7 Å². The summed E-state index contributed by atoms with van der Waals surface area (Å²) < 4.78 is 0. The fourth-order valence-electron chi connectivity index (χ4n) is 3.02. The number of hydrogen-bond donors (Lipinski definition) is 2. The highest BCUT2D eigenvalue weighted by atomic mass is 15.1. The van der Waals surface area contributed by atoms with Crippen LogP contribution in [0.2, 0.25) is 0 Å². The van der Waals surface area contributed by atoms with E-state index >= 15 is 0 Å². The maximum Gasteiger partial charge on any atom is 0.126 e. The van der Waals surface area contributed by atoms with E-state index in [9.17, 15) is 0 Å². The summed E-state index contributed by atoms with van der Waals surface area (Å²) in [6.45, 7) is 1.09. The molecule has 4 heteroatoms. The maximum absolute atomic E-state index is 8.74. The molecule has 0 radical (unpaired) electrons. The Bertz CT molecular complexity index is 456. The van der Waals surface area contributed by atoms with Crippen LogP contribution in [0.3, 0.4) is 0 Å². The molecule has 1 spiro atoms. The average molecular weight is 242 g/mol. The van der Waals surface area contributed by atoms with Crippen molar-refractivity contribution >= 4 is 5.82 Å². The van der Waals surface area contributed by atoms with E-state index in [2.05, 4.69) is 21.7 Å². The molecule has 0 amide bonds. The van der Waals surface area contributed by atoms with Gasteiger partial charge in [0.15, 0.2) is 0 Å². The van der Waals surface area contributed by atoms with Crippen LogP contribution < -0.4 is 10.6 Å². The van der Waals surface area contributed by atoms with Gasteiger partial charge in [-0.05, 0) is 50.8 Å². The van der Waals surface area contributed by atoms with Crippen LogP contribution in [-0.4, -0.2) is 23.1 Å². The highest BCUT2D eigenvalue weighted by Crippen LogP contribution is 2.38. The first-order chi connectivity index (χ1) is 8.80. The lowest BCUT2D eigenvalue weighted by Gasteiger charge is -2.48. The minimum absolute atomic E-state index is 0.405. The van der Waals surface area contributed by atoms with Crippen molar-refractivity contribution in [3.05, 3.63) is 23.9 Å². The molecule has 3 rings (SSSR count). The predicted molar refractivity (Wildman–Crippen MR) is 70.2 cm³/mol. The Kier molecular flexibility index (Phi) is 2.92. The summed E-state index contributed by atoms with van der Waals surface area (Å²) in [6, 6.07) is 6.31. The smallest absolute Gasteiger partial charge is 0.126 e. The van der Waals surface area contributed by atoms with Crippen LogP contribution in [0.4, 0.5) is 5.82 Å². The summed E-state index contributed by atoms with van der Waals surface area (Å²) in [6.07, 6.45) is 7.94. The molecule has 1 aromatic heterocycles. The molecule has 1 atom stereocenters. The molecule has 1 unspecified atom stereocenters. The fraction of sp³-hybridized carbons (Fsp3) is 0.571. The number of nitriles is 1. The van der Waals surface area contributed by atoms with Crippen molar-refractivity contribution in [3.63, 3.8) is 0 Å². The van der Waals surface area contributed by atoms with Crippen LogP contribution in [0, 0.1) is 11.3 Å². The van der Waals surface area contributed by atoms with Crippen molar-refractivity contribution in [2.24, 2.45) is 0 Å². The lowest BCUT2D eigenvalue weighted by molar-refractivity contribution is 0.135. The summed E-state index contributed by atoms with van der Waals surface area (Å²) in [5.74, 6) is 0.885. The van der Waals surface area contributed by atoms with Gasteiger partial charge in [0.05, 0.1) is 5.56 Å². The molecule has 2 fully saturated rings. The van der Waals surface area contributed by atoms with E-state index in [0.29, 0.717) is 17.1 Å². The Morgan fingerprint density at radius 3 is 2.94 bits per heavy atom. The van der Waals surface area contributed by atoms with Crippen LogP contribution in [0.25, 0.3) is 0 Å². The molecule has 94 valence electrons. The number of nitrogens with one attached hydrogen (secondary N) is 2. The Morgan fingerprint density at radius 2 is 2.33 bits per heavy atom. The van der Waals surface area contributed by atoms with Gasteiger partial charge in [-0.1, -0.05) is 0 Å². The first-order valence-electron chi connectivity index (χ1n) is 6.67. The molecule has 18 heavy (non-hydrogen) atoms. The number of hydrogen-bond acceptors (Lipinski definition) is 4. The van der Waals surface area contributed by atoms with Crippen LogP contribution in [-0.2, 0) is 0 Å². The third-order valence-corrected chi connectivity index (χ3v) is 4.19. The Hall–Kier alpha value is -1.60. The quantitative estimate of drug-likeness (QED) is 0.833. The fourth-order valence-corrected chi connectivity index (χ4v) is 3.02. The van der Waals surface area contributed by atoms with Crippen molar-refractivity contribution in [2.75, 3.05) is 11.9 Å². The van der Waals surface area contributed by atoms with Crippen molar-refractivity contribution in [2.45, 2.75) is 43.7 Å². The average Bonchev–Trinajstić information content (AvgIpc) is 2.38. The molecular formula is C14H18N4. The number of piperidine rings is 1. The molecule has 1 aliphatic heterocycles. The van der Waals surface area contributed by atoms with E-state index < -0.39 is 0 Å². The minimum Gasteiger partial charge on any atom is -0.367 e. The minimum atomic E-state index is 0.405. The third-order valence-electron chi connectivity index (χ3n) is 4.19. The van der Waals surface area contributed by atoms with Gasteiger partial charge >= 0.3 is 0 Å². The summed E-state index contributed by atoms with van der Waals surface area (Å²) >= 11 is 0. The highest BCUT2D eigenvalue weighted by Gasteiger charge is 2.40. The molecule has 4 nitrogen and oxygen atoms in total. The van der Waals surface area contributed by atoms with Gasteiger partial charge in [-0.2, -0.15) is 5.26 Å². The molecule has 2 heterocycles. The highest BCUT2D eigenvalue weighted by molar-refractivity contribution is 5.40. The second-order valence-corrected chi connectivity index (χ2v) is 5.44. The zero-order valence-corrected chi connectivity index (χ0v) is 10.4. The number of nitrogens with zero attached hydrogens (tertiary/aromatic N) is 2. The van der Waals surface area contributed by atoms with Gasteiger partial charge in [-0.3, -0.25) is 0 Å². The van der Waals surface area contributed by atoms with E-state index in [-0.39, 0.29) is 0 Å². The van der Waals surface area contributed by atoms with Crippen LogP contribution in [0.5, 0.6) is 0 Å². The number of pyridine rings is 1. The lowest BCUT2D eigenvalue weighted by atomic mass is 9.70. The zero-order chi connectivity index (χ0) is 12.4. The lowest BCUT2D eigenvalue weighted by Crippen LogP contribution is -2.58. The third kappa shape index (κ3) is 2.19. The summed E-state index contributed by atoms with van der Waals surface area (Å²) in [5, 5.41) is 15.9. The molecule has 1 aliphatic carbocycles. The molecule has 2 aliphatic rings. The van der Waals surface area contributed by atoms with E-state index in [4.69, 9.17) is 5.26 Å². The van der Waals surface area contributed by atoms with E-state index in [1.165, 1.54) is 25.7 Å². The van der Waals surface area contributed by atoms with Crippen molar-refractivity contribution in [3.8, 4) is 6.07 Å². The van der Waals surface area contributed by atoms with Gasteiger partial charge in [0, 0.05) is 17.8 Å².